The van der Waals surface area contributed by atoms with Crippen molar-refractivity contribution in [3.63, 3.8) is 0 Å². The summed E-state index contributed by atoms with van der Waals surface area (Å²) in [6.07, 6.45) is 6.11. The van der Waals surface area contributed by atoms with E-state index in [1.54, 1.807) is 0 Å². The van der Waals surface area contributed by atoms with E-state index in [9.17, 15) is 0 Å². The molecule has 0 radical (unpaired) electrons. The number of hydrogen-bond acceptors (Lipinski definition) is 1. The quantitative estimate of drug-likeness (QED) is 0.733. The highest BCUT2D eigenvalue weighted by Crippen LogP contribution is 2.18. The minimum absolute atomic E-state index is 0.470. The molecule has 1 heterocycles. The van der Waals surface area contributed by atoms with Gasteiger partial charge in [-0.25, -0.2) is 0 Å². The maximum atomic E-state index is 6.13. The van der Waals surface area contributed by atoms with Gasteiger partial charge in [0, 0.05) is 18.6 Å². The molecule has 0 spiro atoms. The molecule has 0 aliphatic heterocycles. The predicted molar refractivity (Wildman–Crippen MR) is 80.7 cm³/mol. The van der Waals surface area contributed by atoms with Gasteiger partial charge in [-0.05, 0) is 49.3 Å². The van der Waals surface area contributed by atoms with Gasteiger partial charge in [0.1, 0.15) is 0 Å². The lowest BCUT2D eigenvalue weighted by Crippen LogP contribution is -2.10. The summed E-state index contributed by atoms with van der Waals surface area (Å²) in [6.45, 7) is 5.18. The minimum atomic E-state index is 0.470. The van der Waals surface area contributed by atoms with Gasteiger partial charge in [-0.1, -0.05) is 24.3 Å². The third-order valence-corrected chi connectivity index (χ3v) is 3.96. The highest BCUT2D eigenvalue weighted by molar-refractivity contribution is 6.18. The third-order valence-electron chi connectivity index (χ3n) is 3.52. The molecule has 2 rings (SSSR count). The number of nitrogens with zero attached hydrogens (tertiary/aromatic N) is 2. The Kier molecular flexibility index (Phi) is 5.03. The van der Waals surface area contributed by atoms with E-state index >= 15 is 0 Å². The molecule has 2 nitrogen and oxygen atoms in total. The van der Waals surface area contributed by atoms with E-state index < -0.39 is 0 Å². The van der Waals surface area contributed by atoms with E-state index in [2.05, 4.69) is 49.4 Å². The fourth-order valence-electron chi connectivity index (χ4n) is 2.35. The minimum Gasteiger partial charge on any atom is -0.273 e. The molecule has 0 aliphatic carbocycles. The summed E-state index contributed by atoms with van der Waals surface area (Å²) in [5.74, 6) is 1.16. The average Bonchev–Trinajstić information content (AvgIpc) is 2.88. The van der Waals surface area contributed by atoms with Crippen molar-refractivity contribution in [1.29, 1.82) is 0 Å². The Bertz CT molecular complexity index is 519. The summed E-state index contributed by atoms with van der Waals surface area (Å²) < 4.78 is 1.97. The van der Waals surface area contributed by atoms with E-state index in [0.29, 0.717) is 11.8 Å². The normalized spacial score (nSPS) is 12.6. The van der Waals surface area contributed by atoms with Crippen molar-refractivity contribution in [1.82, 2.24) is 9.78 Å². The number of rotatable bonds is 6. The fourth-order valence-corrected chi connectivity index (χ4v) is 2.57. The molecule has 1 atom stereocenters. The molecule has 19 heavy (non-hydrogen) atoms. The summed E-state index contributed by atoms with van der Waals surface area (Å²) in [5, 5.41) is 4.32. The molecule has 1 aromatic heterocycles. The molecule has 0 bridgehead atoms. The Morgan fingerprint density at radius 1 is 1.26 bits per heavy atom. The van der Waals surface area contributed by atoms with Crippen LogP contribution in [0.1, 0.15) is 23.6 Å². The number of aromatic nitrogens is 2. The topological polar surface area (TPSA) is 17.8 Å². The van der Waals surface area contributed by atoms with Gasteiger partial charge in [-0.3, -0.25) is 4.68 Å². The summed E-state index contributed by atoms with van der Waals surface area (Å²) in [5.41, 5.74) is 4.03. The molecule has 0 fully saturated rings. The molecule has 2 aromatic rings. The van der Waals surface area contributed by atoms with E-state index in [1.807, 2.05) is 10.9 Å². The number of hydrogen-bond donors (Lipinski definition) is 0. The number of alkyl halides is 1. The van der Waals surface area contributed by atoms with Gasteiger partial charge in [0.05, 0.1) is 6.20 Å². The lowest BCUT2D eigenvalue weighted by Gasteiger charge is -2.14. The standard InChI is InChI=1S/C16H21ClN2/c1-3-19-12-15(11-18-19)8-14(10-17)9-16-7-5-4-6-13(16)2/h4-7,11-12,14H,3,8-10H2,1-2H3. The highest BCUT2D eigenvalue weighted by Gasteiger charge is 2.12. The second-order valence-corrected chi connectivity index (χ2v) is 5.37. The van der Waals surface area contributed by atoms with Crippen LogP contribution in [0.3, 0.4) is 0 Å². The average molecular weight is 277 g/mol. The summed E-state index contributed by atoms with van der Waals surface area (Å²) in [4.78, 5) is 0. The molecule has 0 saturated carbocycles. The van der Waals surface area contributed by atoms with Crippen molar-refractivity contribution in [2.24, 2.45) is 5.92 Å². The summed E-state index contributed by atoms with van der Waals surface area (Å²) >= 11 is 6.13. The zero-order valence-corrected chi connectivity index (χ0v) is 12.4. The first-order valence-electron chi connectivity index (χ1n) is 6.84. The molecular formula is C16H21ClN2. The van der Waals surface area contributed by atoms with E-state index in [4.69, 9.17) is 11.6 Å². The number of aryl methyl sites for hydroxylation is 2. The van der Waals surface area contributed by atoms with Crippen molar-refractivity contribution in [2.45, 2.75) is 33.2 Å². The monoisotopic (exact) mass is 276 g/mol. The van der Waals surface area contributed by atoms with Gasteiger partial charge in [0.15, 0.2) is 0 Å². The van der Waals surface area contributed by atoms with Crippen LogP contribution in [0.25, 0.3) is 0 Å². The Balaban J connectivity index is 2.02. The molecule has 0 aliphatic rings. The first kappa shape index (κ1) is 14.1. The van der Waals surface area contributed by atoms with Crippen LogP contribution in [-0.4, -0.2) is 15.7 Å². The fraction of sp³-hybridized carbons (Fsp3) is 0.438. The zero-order chi connectivity index (χ0) is 13.7. The Morgan fingerprint density at radius 2 is 2.05 bits per heavy atom. The second kappa shape index (κ2) is 6.76. The van der Waals surface area contributed by atoms with Crippen molar-refractivity contribution in [3.05, 3.63) is 53.3 Å². The van der Waals surface area contributed by atoms with Crippen molar-refractivity contribution < 1.29 is 0 Å². The molecular weight excluding hydrogens is 256 g/mol. The lowest BCUT2D eigenvalue weighted by molar-refractivity contribution is 0.581. The Morgan fingerprint density at radius 3 is 2.68 bits per heavy atom. The lowest BCUT2D eigenvalue weighted by atomic mass is 9.93. The first-order chi connectivity index (χ1) is 9.22. The summed E-state index contributed by atoms with van der Waals surface area (Å²) in [7, 11) is 0. The van der Waals surface area contributed by atoms with Crippen LogP contribution in [0.4, 0.5) is 0 Å². The maximum absolute atomic E-state index is 6.13. The van der Waals surface area contributed by atoms with E-state index in [0.717, 1.165) is 19.4 Å². The Hall–Kier alpha value is -1.28. The molecule has 0 N–H and O–H groups in total. The van der Waals surface area contributed by atoms with Gasteiger partial charge in [0.2, 0.25) is 0 Å². The Labute approximate surface area is 120 Å². The van der Waals surface area contributed by atoms with Crippen molar-refractivity contribution >= 4 is 11.6 Å². The van der Waals surface area contributed by atoms with E-state index in [1.165, 1.54) is 16.7 Å². The van der Waals surface area contributed by atoms with Gasteiger partial charge in [-0.2, -0.15) is 5.10 Å². The van der Waals surface area contributed by atoms with Crippen LogP contribution >= 0.6 is 11.6 Å². The van der Waals surface area contributed by atoms with Gasteiger partial charge in [-0.15, -0.1) is 11.6 Å². The smallest absolute Gasteiger partial charge is 0.0521 e. The predicted octanol–water partition coefficient (Wildman–Crippen LogP) is 3.85. The first-order valence-corrected chi connectivity index (χ1v) is 7.38. The van der Waals surface area contributed by atoms with Crippen LogP contribution in [0.15, 0.2) is 36.7 Å². The van der Waals surface area contributed by atoms with E-state index in [-0.39, 0.29) is 0 Å². The molecule has 1 unspecified atom stereocenters. The van der Waals surface area contributed by atoms with Gasteiger partial charge >= 0.3 is 0 Å². The largest absolute Gasteiger partial charge is 0.273 e. The van der Waals surface area contributed by atoms with Crippen molar-refractivity contribution in [3.8, 4) is 0 Å². The third kappa shape index (κ3) is 3.84. The van der Waals surface area contributed by atoms with Crippen LogP contribution < -0.4 is 0 Å². The van der Waals surface area contributed by atoms with Crippen molar-refractivity contribution in [2.75, 3.05) is 5.88 Å². The maximum Gasteiger partial charge on any atom is 0.0521 e. The van der Waals surface area contributed by atoms with Gasteiger partial charge < -0.3 is 0 Å². The molecule has 102 valence electrons. The SMILES string of the molecule is CCn1cc(CC(CCl)Cc2ccccc2C)cn1. The van der Waals surface area contributed by atoms with Crippen LogP contribution in [0.2, 0.25) is 0 Å². The molecule has 3 heteroatoms. The number of halogens is 1. The number of benzene rings is 1. The van der Waals surface area contributed by atoms with Crippen LogP contribution in [0, 0.1) is 12.8 Å². The second-order valence-electron chi connectivity index (χ2n) is 5.06. The van der Waals surface area contributed by atoms with Crippen LogP contribution in [0.5, 0.6) is 0 Å². The zero-order valence-electron chi connectivity index (χ0n) is 11.6. The summed E-state index contributed by atoms with van der Waals surface area (Å²) in [6, 6.07) is 8.54. The van der Waals surface area contributed by atoms with Gasteiger partial charge in [0.25, 0.3) is 0 Å². The highest BCUT2D eigenvalue weighted by atomic mass is 35.5. The molecule has 0 amide bonds. The van der Waals surface area contributed by atoms with Crippen LogP contribution in [-0.2, 0) is 19.4 Å². The molecule has 1 aromatic carbocycles. The molecule has 0 saturated heterocycles.